The van der Waals surface area contributed by atoms with Gasteiger partial charge in [0, 0.05) is 28.9 Å². The molecule has 0 saturated heterocycles. The molecule has 0 bridgehead atoms. The first kappa shape index (κ1) is 14.2. The van der Waals surface area contributed by atoms with Gasteiger partial charge < -0.3 is 5.11 Å². The van der Waals surface area contributed by atoms with Crippen LogP contribution in [-0.4, -0.2) is 19.9 Å². The molecule has 0 aliphatic heterocycles. The second-order valence-electron chi connectivity index (χ2n) is 5.21. The highest BCUT2D eigenvalue weighted by Gasteiger charge is 2.13. The molecule has 4 nitrogen and oxygen atoms in total. The quantitative estimate of drug-likeness (QED) is 0.536. The second-order valence-corrected chi connectivity index (χ2v) is 6.65. The SMILES string of the molecule is Cn1nc(-c2cc3c(Cl)nccc3s2)cc1-c1ccc(O)cc1. The molecule has 0 fully saturated rings. The van der Waals surface area contributed by atoms with Gasteiger partial charge in [-0.05, 0) is 42.5 Å². The molecule has 0 radical (unpaired) electrons. The van der Waals surface area contributed by atoms with Gasteiger partial charge in [-0.25, -0.2) is 4.98 Å². The first-order chi connectivity index (χ1) is 11.1. The predicted molar refractivity (Wildman–Crippen MR) is 93.9 cm³/mol. The molecule has 4 rings (SSSR count). The lowest BCUT2D eigenvalue weighted by Gasteiger charge is -2.01. The molecule has 0 atom stereocenters. The van der Waals surface area contributed by atoms with Crippen molar-refractivity contribution in [2.45, 2.75) is 0 Å². The molecule has 0 saturated carbocycles. The highest BCUT2D eigenvalue weighted by atomic mass is 35.5. The van der Waals surface area contributed by atoms with Crippen molar-refractivity contribution in [3.8, 4) is 27.6 Å². The molecular formula is C17H12ClN3OS. The Morgan fingerprint density at radius 1 is 1.13 bits per heavy atom. The van der Waals surface area contributed by atoms with Gasteiger partial charge in [0.1, 0.15) is 16.6 Å². The molecular weight excluding hydrogens is 330 g/mol. The molecule has 3 heterocycles. The number of halogens is 1. The van der Waals surface area contributed by atoms with E-state index < -0.39 is 0 Å². The first-order valence-electron chi connectivity index (χ1n) is 7.00. The van der Waals surface area contributed by atoms with E-state index in [1.54, 1.807) is 29.7 Å². The van der Waals surface area contributed by atoms with Gasteiger partial charge in [0.25, 0.3) is 0 Å². The maximum atomic E-state index is 9.42. The Hall–Kier alpha value is -2.37. The van der Waals surface area contributed by atoms with E-state index in [2.05, 4.69) is 10.1 Å². The Morgan fingerprint density at radius 3 is 2.65 bits per heavy atom. The number of benzene rings is 1. The van der Waals surface area contributed by atoms with E-state index in [9.17, 15) is 5.11 Å². The van der Waals surface area contributed by atoms with Gasteiger partial charge >= 0.3 is 0 Å². The van der Waals surface area contributed by atoms with E-state index in [0.29, 0.717) is 5.15 Å². The summed E-state index contributed by atoms with van der Waals surface area (Å²) in [5.41, 5.74) is 2.89. The number of nitrogens with zero attached hydrogens (tertiary/aromatic N) is 3. The lowest BCUT2D eigenvalue weighted by atomic mass is 10.1. The third kappa shape index (κ3) is 2.48. The van der Waals surface area contributed by atoms with Crippen LogP contribution in [0.3, 0.4) is 0 Å². The van der Waals surface area contributed by atoms with E-state index in [1.165, 1.54) is 0 Å². The zero-order chi connectivity index (χ0) is 16.0. The molecule has 0 aliphatic carbocycles. The van der Waals surface area contributed by atoms with Crippen LogP contribution < -0.4 is 0 Å². The molecule has 0 amide bonds. The van der Waals surface area contributed by atoms with Crippen molar-refractivity contribution in [1.29, 1.82) is 0 Å². The minimum absolute atomic E-state index is 0.253. The Kier molecular flexibility index (Phi) is 3.32. The smallest absolute Gasteiger partial charge is 0.137 e. The lowest BCUT2D eigenvalue weighted by molar-refractivity contribution is 0.475. The number of hydrogen-bond donors (Lipinski definition) is 1. The van der Waals surface area contributed by atoms with Crippen LogP contribution >= 0.6 is 22.9 Å². The molecule has 6 heteroatoms. The standard InChI is InChI=1S/C17H12ClN3OS/c1-21-14(10-2-4-11(22)5-3-10)9-13(20-21)16-8-12-15(23-16)6-7-19-17(12)18/h2-9,22H,1H3. The van der Waals surface area contributed by atoms with E-state index in [0.717, 1.165) is 31.9 Å². The van der Waals surface area contributed by atoms with E-state index in [1.807, 2.05) is 42.1 Å². The maximum Gasteiger partial charge on any atom is 0.137 e. The van der Waals surface area contributed by atoms with Gasteiger partial charge in [0.2, 0.25) is 0 Å². The van der Waals surface area contributed by atoms with Crippen molar-refractivity contribution in [3.63, 3.8) is 0 Å². The molecule has 23 heavy (non-hydrogen) atoms. The van der Waals surface area contributed by atoms with Crippen molar-refractivity contribution >= 4 is 33.0 Å². The fraction of sp³-hybridized carbons (Fsp3) is 0.0588. The van der Waals surface area contributed by atoms with Gasteiger partial charge in [-0.15, -0.1) is 11.3 Å². The van der Waals surface area contributed by atoms with E-state index in [-0.39, 0.29) is 5.75 Å². The number of aromatic nitrogens is 3. The Morgan fingerprint density at radius 2 is 1.91 bits per heavy atom. The molecule has 114 valence electrons. The van der Waals surface area contributed by atoms with Gasteiger partial charge in [-0.1, -0.05) is 11.6 Å². The van der Waals surface area contributed by atoms with Crippen molar-refractivity contribution in [1.82, 2.24) is 14.8 Å². The van der Waals surface area contributed by atoms with Gasteiger partial charge in [0.15, 0.2) is 0 Å². The molecule has 1 N–H and O–H groups in total. The van der Waals surface area contributed by atoms with Gasteiger partial charge in [0.05, 0.1) is 10.6 Å². The molecule has 4 aromatic rings. The van der Waals surface area contributed by atoms with Gasteiger partial charge in [-0.2, -0.15) is 5.10 Å². The zero-order valence-corrected chi connectivity index (χ0v) is 13.8. The summed E-state index contributed by atoms with van der Waals surface area (Å²) in [7, 11) is 1.91. The third-order valence-corrected chi connectivity index (χ3v) is 5.12. The number of aromatic hydroxyl groups is 1. The summed E-state index contributed by atoms with van der Waals surface area (Å²) in [4.78, 5) is 5.17. The highest BCUT2D eigenvalue weighted by Crippen LogP contribution is 2.36. The number of phenolic OH excluding ortho intramolecular Hbond substituents is 1. The number of thiophene rings is 1. The summed E-state index contributed by atoms with van der Waals surface area (Å²) in [5.74, 6) is 0.253. The average Bonchev–Trinajstić information content (AvgIpc) is 3.13. The monoisotopic (exact) mass is 341 g/mol. The first-order valence-corrected chi connectivity index (χ1v) is 8.19. The van der Waals surface area contributed by atoms with Crippen LogP contribution in [0.25, 0.3) is 31.9 Å². The summed E-state index contributed by atoms with van der Waals surface area (Å²) in [6, 6.07) is 13.1. The Balaban J connectivity index is 1.81. The molecule has 0 aliphatic rings. The number of fused-ring (bicyclic) bond motifs is 1. The summed E-state index contributed by atoms with van der Waals surface area (Å²) < 4.78 is 2.93. The molecule has 3 aromatic heterocycles. The van der Waals surface area contributed by atoms with Crippen molar-refractivity contribution in [2.75, 3.05) is 0 Å². The largest absolute Gasteiger partial charge is 0.508 e. The number of pyridine rings is 1. The summed E-state index contributed by atoms with van der Waals surface area (Å²) in [6.07, 6.45) is 1.71. The highest BCUT2D eigenvalue weighted by molar-refractivity contribution is 7.22. The Labute approximate surface area is 141 Å². The third-order valence-electron chi connectivity index (χ3n) is 3.69. The van der Waals surface area contributed by atoms with Crippen LogP contribution in [-0.2, 0) is 7.05 Å². The molecule has 0 spiro atoms. The normalized spacial score (nSPS) is 11.2. The minimum Gasteiger partial charge on any atom is -0.508 e. The fourth-order valence-electron chi connectivity index (χ4n) is 2.55. The summed E-state index contributed by atoms with van der Waals surface area (Å²) in [6.45, 7) is 0. The second kappa shape index (κ2) is 5.37. The average molecular weight is 342 g/mol. The fourth-order valence-corrected chi connectivity index (χ4v) is 3.83. The van der Waals surface area contributed by atoms with Crippen LogP contribution in [0.5, 0.6) is 5.75 Å². The lowest BCUT2D eigenvalue weighted by Crippen LogP contribution is -1.93. The topological polar surface area (TPSA) is 50.9 Å². The zero-order valence-electron chi connectivity index (χ0n) is 12.2. The van der Waals surface area contributed by atoms with Crippen LogP contribution in [0.15, 0.2) is 48.7 Å². The van der Waals surface area contributed by atoms with Crippen LogP contribution in [0.4, 0.5) is 0 Å². The number of phenols is 1. The van der Waals surface area contributed by atoms with Crippen LogP contribution in [0, 0.1) is 0 Å². The predicted octanol–water partition coefficient (Wildman–Crippen LogP) is 4.72. The maximum absolute atomic E-state index is 9.42. The van der Waals surface area contributed by atoms with Crippen molar-refractivity contribution in [3.05, 3.63) is 53.8 Å². The summed E-state index contributed by atoms with van der Waals surface area (Å²) >= 11 is 7.80. The van der Waals surface area contributed by atoms with Crippen LogP contribution in [0.1, 0.15) is 0 Å². The van der Waals surface area contributed by atoms with Gasteiger partial charge in [-0.3, -0.25) is 4.68 Å². The number of hydrogen-bond acceptors (Lipinski definition) is 4. The van der Waals surface area contributed by atoms with E-state index in [4.69, 9.17) is 11.6 Å². The van der Waals surface area contributed by atoms with Crippen molar-refractivity contribution in [2.24, 2.45) is 7.05 Å². The summed E-state index contributed by atoms with van der Waals surface area (Å²) in [5, 5.41) is 15.5. The van der Waals surface area contributed by atoms with Crippen molar-refractivity contribution < 1.29 is 5.11 Å². The number of aryl methyl sites for hydroxylation is 1. The van der Waals surface area contributed by atoms with Crippen LogP contribution in [0.2, 0.25) is 5.15 Å². The number of rotatable bonds is 2. The van der Waals surface area contributed by atoms with E-state index >= 15 is 0 Å². The molecule has 1 aromatic carbocycles. The Bertz CT molecular complexity index is 1000. The minimum atomic E-state index is 0.253. The molecule has 0 unspecified atom stereocenters.